The van der Waals surface area contributed by atoms with E-state index in [1.807, 2.05) is 67.8 Å². The van der Waals surface area contributed by atoms with Gasteiger partial charge in [-0.15, -0.1) is 11.3 Å². The average molecular weight is 444 g/mol. The van der Waals surface area contributed by atoms with Gasteiger partial charge in [-0.2, -0.15) is 0 Å². The van der Waals surface area contributed by atoms with Crippen LogP contribution in [-0.2, 0) is 9.59 Å². The van der Waals surface area contributed by atoms with Gasteiger partial charge in [0.25, 0.3) is 11.8 Å². The lowest BCUT2D eigenvalue weighted by molar-refractivity contribution is -0.120. The highest BCUT2D eigenvalue weighted by Crippen LogP contribution is 2.36. The third-order valence-electron chi connectivity index (χ3n) is 6.07. The van der Waals surface area contributed by atoms with Crippen molar-refractivity contribution < 1.29 is 9.59 Å². The van der Waals surface area contributed by atoms with Gasteiger partial charge in [0.2, 0.25) is 0 Å². The summed E-state index contributed by atoms with van der Waals surface area (Å²) in [6, 6.07) is 17.5. The normalized spacial score (nSPS) is 16.4. The monoisotopic (exact) mass is 443 g/mol. The Hall–Kier alpha value is -3.38. The lowest BCUT2D eigenvalue weighted by Crippen LogP contribution is -2.32. The molecule has 3 heterocycles. The Morgan fingerprint density at radius 2 is 1.59 bits per heavy atom. The van der Waals surface area contributed by atoms with Crippen LogP contribution in [-0.4, -0.2) is 24.9 Å². The highest BCUT2D eigenvalue weighted by atomic mass is 32.1. The molecule has 32 heavy (non-hydrogen) atoms. The summed E-state index contributed by atoms with van der Waals surface area (Å²) < 4.78 is 0. The molecule has 2 amide bonds. The summed E-state index contributed by atoms with van der Waals surface area (Å²) >= 11 is 1.46. The standard InChI is InChI=1S/C26H25N3O2S/c1-17-7-12-21(18(2)16-17)27-24-23(22-6-5-15-32-22)25(30)29(26(24)31)20-10-8-19(9-11-20)28-13-3-4-14-28/h5-12,15-16,27H,3-4,13-14H2,1-2H3. The number of amides is 2. The zero-order chi connectivity index (χ0) is 22.2. The first kappa shape index (κ1) is 20.5. The molecule has 0 unspecified atom stereocenters. The Balaban J connectivity index is 1.51. The van der Waals surface area contributed by atoms with Crippen LogP contribution in [0, 0.1) is 13.8 Å². The summed E-state index contributed by atoms with van der Waals surface area (Å²) in [6.07, 6.45) is 2.40. The molecule has 3 aromatic rings. The molecule has 0 radical (unpaired) electrons. The van der Waals surface area contributed by atoms with E-state index in [9.17, 15) is 9.59 Å². The van der Waals surface area contributed by atoms with Crippen LogP contribution in [0.4, 0.5) is 17.1 Å². The molecule has 1 aromatic heterocycles. The average Bonchev–Trinajstić information content (AvgIpc) is 3.53. The van der Waals surface area contributed by atoms with Crippen LogP contribution in [0.1, 0.15) is 28.8 Å². The molecule has 6 heteroatoms. The van der Waals surface area contributed by atoms with Gasteiger partial charge in [-0.3, -0.25) is 9.59 Å². The molecule has 2 aromatic carbocycles. The van der Waals surface area contributed by atoms with Gasteiger partial charge in [0.1, 0.15) is 5.70 Å². The second-order valence-electron chi connectivity index (χ2n) is 8.33. The fourth-order valence-electron chi connectivity index (χ4n) is 4.41. The fraction of sp³-hybridized carbons (Fsp3) is 0.231. The number of carbonyl (C=O) groups excluding carboxylic acids is 2. The molecule has 2 aliphatic rings. The van der Waals surface area contributed by atoms with Gasteiger partial charge in [-0.25, -0.2) is 4.90 Å². The fourth-order valence-corrected chi connectivity index (χ4v) is 5.17. The van der Waals surface area contributed by atoms with Crippen LogP contribution in [0.2, 0.25) is 0 Å². The van der Waals surface area contributed by atoms with Gasteiger partial charge in [-0.1, -0.05) is 23.8 Å². The minimum atomic E-state index is -0.327. The first-order valence-corrected chi connectivity index (χ1v) is 11.8. The molecule has 0 spiro atoms. The summed E-state index contributed by atoms with van der Waals surface area (Å²) in [5.74, 6) is -0.620. The molecule has 1 saturated heterocycles. The Bertz CT molecular complexity index is 1210. The summed E-state index contributed by atoms with van der Waals surface area (Å²) in [5.41, 5.74) is 5.47. The van der Waals surface area contributed by atoms with Crippen molar-refractivity contribution in [3.63, 3.8) is 0 Å². The number of rotatable bonds is 5. The van der Waals surface area contributed by atoms with Crippen LogP contribution >= 0.6 is 11.3 Å². The summed E-state index contributed by atoms with van der Waals surface area (Å²) in [7, 11) is 0. The second kappa shape index (κ2) is 8.28. The molecule has 0 bridgehead atoms. The minimum Gasteiger partial charge on any atom is -0.372 e. The predicted octanol–water partition coefficient (Wildman–Crippen LogP) is 5.36. The van der Waals surface area contributed by atoms with Crippen LogP contribution in [0.5, 0.6) is 0 Å². The maximum Gasteiger partial charge on any atom is 0.282 e. The Kier molecular flexibility index (Phi) is 5.31. The number of hydrogen-bond acceptors (Lipinski definition) is 5. The maximum absolute atomic E-state index is 13.5. The van der Waals surface area contributed by atoms with Crippen LogP contribution in [0.25, 0.3) is 5.57 Å². The highest BCUT2D eigenvalue weighted by molar-refractivity contribution is 7.11. The third-order valence-corrected chi connectivity index (χ3v) is 6.96. The number of aryl methyl sites for hydroxylation is 2. The minimum absolute atomic E-state index is 0.293. The Morgan fingerprint density at radius 3 is 2.25 bits per heavy atom. The van der Waals surface area contributed by atoms with Gasteiger partial charge >= 0.3 is 0 Å². The van der Waals surface area contributed by atoms with E-state index in [4.69, 9.17) is 0 Å². The van der Waals surface area contributed by atoms with Crippen molar-refractivity contribution in [1.82, 2.24) is 0 Å². The van der Waals surface area contributed by atoms with Crippen molar-refractivity contribution in [3.8, 4) is 0 Å². The molecule has 5 nitrogen and oxygen atoms in total. The smallest absolute Gasteiger partial charge is 0.282 e. The molecular weight excluding hydrogens is 418 g/mol. The molecular formula is C26H25N3O2S. The summed E-state index contributed by atoms with van der Waals surface area (Å²) in [5, 5.41) is 5.20. The van der Waals surface area contributed by atoms with Crippen LogP contribution < -0.4 is 15.1 Å². The van der Waals surface area contributed by atoms with Gasteiger partial charge in [0.15, 0.2) is 0 Å². The number of benzene rings is 2. The van der Waals surface area contributed by atoms with Gasteiger partial charge in [0, 0.05) is 29.3 Å². The highest BCUT2D eigenvalue weighted by Gasteiger charge is 2.40. The van der Waals surface area contributed by atoms with E-state index in [2.05, 4.69) is 16.3 Å². The Labute approximate surface area is 192 Å². The number of imide groups is 1. The zero-order valence-electron chi connectivity index (χ0n) is 18.2. The van der Waals surface area contributed by atoms with Gasteiger partial charge < -0.3 is 10.2 Å². The predicted molar refractivity (Wildman–Crippen MR) is 131 cm³/mol. The molecule has 5 rings (SSSR count). The Morgan fingerprint density at radius 1 is 0.875 bits per heavy atom. The summed E-state index contributed by atoms with van der Waals surface area (Å²) in [4.78, 5) is 31.4. The van der Waals surface area contributed by atoms with Crippen molar-refractivity contribution >= 4 is 45.8 Å². The van der Waals surface area contributed by atoms with Gasteiger partial charge in [-0.05, 0) is 74.0 Å². The number of nitrogens with one attached hydrogen (secondary N) is 1. The van der Waals surface area contributed by atoms with E-state index < -0.39 is 0 Å². The van der Waals surface area contributed by atoms with E-state index in [0.29, 0.717) is 17.0 Å². The molecule has 162 valence electrons. The number of nitrogens with zero attached hydrogens (tertiary/aromatic N) is 2. The number of anilines is 3. The zero-order valence-corrected chi connectivity index (χ0v) is 19.0. The first-order valence-electron chi connectivity index (χ1n) is 10.9. The molecule has 0 aliphatic carbocycles. The quantitative estimate of drug-likeness (QED) is 0.539. The van der Waals surface area contributed by atoms with E-state index >= 15 is 0 Å². The SMILES string of the molecule is Cc1ccc(NC2=C(c3cccs3)C(=O)N(c3ccc(N4CCCC4)cc3)C2=O)c(C)c1. The largest absolute Gasteiger partial charge is 0.372 e. The van der Waals surface area contributed by atoms with Crippen LogP contribution in [0.3, 0.4) is 0 Å². The van der Waals surface area contributed by atoms with Crippen LogP contribution in [0.15, 0.2) is 65.7 Å². The van der Waals surface area contributed by atoms with E-state index in [1.54, 1.807) is 0 Å². The van der Waals surface area contributed by atoms with Crippen molar-refractivity contribution in [1.29, 1.82) is 0 Å². The lowest BCUT2D eigenvalue weighted by atomic mass is 10.1. The summed E-state index contributed by atoms with van der Waals surface area (Å²) in [6.45, 7) is 6.13. The van der Waals surface area contributed by atoms with Crippen molar-refractivity contribution in [3.05, 3.63) is 81.7 Å². The van der Waals surface area contributed by atoms with Crippen molar-refractivity contribution in [2.24, 2.45) is 0 Å². The topological polar surface area (TPSA) is 52.7 Å². The number of hydrogen-bond donors (Lipinski definition) is 1. The lowest BCUT2D eigenvalue weighted by Gasteiger charge is -2.20. The number of thiophene rings is 1. The maximum atomic E-state index is 13.5. The third kappa shape index (κ3) is 3.60. The molecule has 2 aliphatic heterocycles. The van der Waals surface area contributed by atoms with E-state index in [-0.39, 0.29) is 11.8 Å². The first-order chi connectivity index (χ1) is 15.5. The van der Waals surface area contributed by atoms with Gasteiger partial charge in [0.05, 0.1) is 11.3 Å². The van der Waals surface area contributed by atoms with E-state index in [0.717, 1.165) is 40.5 Å². The molecule has 0 atom stereocenters. The molecule has 1 fully saturated rings. The molecule has 0 saturated carbocycles. The molecule has 1 N–H and O–H groups in total. The van der Waals surface area contributed by atoms with E-state index in [1.165, 1.54) is 29.1 Å². The number of carbonyl (C=O) groups is 2. The van der Waals surface area contributed by atoms with Crippen molar-refractivity contribution in [2.45, 2.75) is 26.7 Å². The van der Waals surface area contributed by atoms with Crippen molar-refractivity contribution in [2.75, 3.05) is 28.2 Å². The second-order valence-corrected chi connectivity index (χ2v) is 9.27.